The molecule has 4 heterocycles. The number of anilines is 1. The number of nitrogens with one attached hydrogen (secondary N) is 1. The summed E-state index contributed by atoms with van der Waals surface area (Å²) >= 11 is 0. The zero-order valence-electron chi connectivity index (χ0n) is 15.9. The van der Waals surface area contributed by atoms with Crippen LogP contribution in [-0.2, 0) is 13.0 Å². The Labute approximate surface area is 159 Å². The molecule has 2 aliphatic rings. The second kappa shape index (κ2) is 8.08. The van der Waals surface area contributed by atoms with Crippen LogP contribution in [0, 0.1) is 0 Å². The zero-order valence-corrected chi connectivity index (χ0v) is 15.9. The Balaban J connectivity index is 1.32. The first-order valence-corrected chi connectivity index (χ1v) is 9.90. The smallest absolute Gasteiger partial charge is 0.253 e. The third-order valence-electron chi connectivity index (χ3n) is 5.46. The summed E-state index contributed by atoms with van der Waals surface area (Å²) in [6, 6.07) is 6.35. The van der Waals surface area contributed by atoms with Crippen LogP contribution >= 0.6 is 0 Å². The average molecular weight is 369 g/mol. The fourth-order valence-corrected chi connectivity index (χ4v) is 3.99. The van der Waals surface area contributed by atoms with Crippen LogP contribution in [-0.4, -0.2) is 53.2 Å². The van der Waals surface area contributed by atoms with Gasteiger partial charge in [-0.15, -0.1) is 0 Å². The van der Waals surface area contributed by atoms with Gasteiger partial charge < -0.3 is 14.7 Å². The van der Waals surface area contributed by atoms with Gasteiger partial charge in [0.25, 0.3) is 5.91 Å². The Hall–Kier alpha value is -2.41. The summed E-state index contributed by atoms with van der Waals surface area (Å²) in [4.78, 5) is 21.8. The number of pyridine rings is 1. The highest BCUT2D eigenvalue weighted by Crippen LogP contribution is 2.24. The summed E-state index contributed by atoms with van der Waals surface area (Å²) in [5.41, 5.74) is 1.49. The van der Waals surface area contributed by atoms with Crippen molar-refractivity contribution in [3.63, 3.8) is 0 Å². The Morgan fingerprint density at radius 3 is 3.07 bits per heavy atom. The van der Waals surface area contributed by atoms with E-state index in [0.29, 0.717) is 23.9 Å². The maximum atomic E-state index is 12.4. The highest BCUT2D eigenvalue weighted by Gasteiger charge is 2.30. The maximum Gasteiger partial charge on any atom is 0.253 e. The van der Waals surface area contributed by atoms with Crippen LogP contribution in [0.4, 0.5) is 5.82 Å². The van der Waals surface area contributed by atoms with E-state index in [1.165, 1.54) is 19.4 Å². The van der Waals surface area contributed by atoms with Crippen LogP contribution in [0.5, 0.6) is 0 Å². The van der Waals surface area contributed by atoms with Crippen molar-refractivity contribution in [3.8, 4) is 0 Å². The van der Waals surface area contributed by atoms with Crippen molar-refractivity contribution < 1.29 is 9.32 Å². The molecule has 0 unspecified atom stereocenters. The molecular weight excluding hydrogens is 342 g/mol. The fourth-order valence-electron chi connectivity index (χ4n) is 3.99. The SMILES string of the molecule is CCCc1cc(CNC(=O)c2ccc(N3CCN4CCC[C@H]4C3)nc2)on1. The van der Waals surface area contributed by atoms with Gasteiger partial charge in [-0.25, -0.2) is 4.98 Å². The predicted octanol–water partition coefficient (Wildman–Crippen LogP) is 2.24. The van der Waals surface area contributed by atoms with Crippen LogP contribution in [0.2, 0.25) is 0 Å². The molecule has 2 saturated heterocycles. The summed E-state index contributed by atoms with van der Waals surface area (Å²) in [6.45, 7) is 6.80. The zero-order chi connectivity index (χ0) is 18.6. The van der Waals surface area contributed by atoms with Crippen molar-refractivity contribution >= 4 is 11.7 Å². The van der Waals surface area contributed by atoms with Gasteiger partial charge in [0.15, 0.2) is 5.76 Å². The van der Waals surface area contributed by atoms with Gasteiger partial charge in [-0.3, -0.25) is 9.69 Å². The number of carbonyl (C=O) groups is 1. The molecule has 0 spiro atoms. The number of fused-ring (bicyclic) bond motifs is 1. The van der Waals surface area contributed by atoms with Crippen molar-refractivity contribution in [2.24, 2.45) is 0 Å². The Bertz CT molecular complexity index is 773. The van der Waals surface area contributed by atoms with E-state index >= 15 is 0 Å². The van der Waals surface area contributed by atoms with E-state index in [0.717, 1.165) is 44.0 Å². The molecule has 2 aromatic rings. The number of hydrogen-bond donors (Lipinski definition) is 1. The molecule has 1 atom stereocenters. The minimum atomic E-state index is -0.150. The van der Waals surface area contributed by atoms with Crippen LogP contribution in [0.3, 0.4) is 0 Å². The third kappa shape index (κ3) is 4.13. The average Bonchev–Trinajstić information content (AvgIpc) is 3.35. The molecule has 0 saturated carbocycles. The van der Waals surface area contributed by atoms with E-state index in [9.17, 15) is 4.79 Å². The number of amides is 1. The van der Waals surface area contributed by atoms with Crippen molar-refractivity contribution in [2.75, 3.05) is 31.1 Å². The number of piperazine rings is 1. The molecule has 2 aromatic heterocycles. The first-order chi connectivity index (χ1) is 13.2. The normalized spacial score (nSPS) is 19.9. The highest BCUT2D eigenvalue weighted by molar-refractivity contribution is 5.93. The van der Waals surface area contributed by atoms with Gasteiger partial charge in [-0.1, -0.05) is 18.5 Å². The summed E-state index contributed by atoms with van der Waals surface area (Å²) in [7, 11) is 0. The van der Waals surface area contributed by atoms with Gasteiger partial charge in [0.2, 0.25) is 0 Å². The molecule has 2 aliphatic heterocycles. The van der Waals surface area contributed by atoms with E-state index in [4.69, 9.17) is 4.52 Å². The molecular formula is C20H27N5O2. The lowest BCUT2D eigenvalue weighted by Gasteiger charge is -2.38. The van der Waals surface area contributed by atoms with Gasteiger partial charge in [0.05, 0.1) is 17.8 Å². The highest BCUT2D eigenvalue weighted by atomic mass is 16.5. The second-order valence-electron chi connectivity index (χ2n) is 7.40. The van der Waals surface area contributed by atoms with Crippen molar-refractivity contribution in [2.45, 2.75) is 45.2 Å². The molecule has 144 valence electrons. The van der Waals surface area contributed by atoms with Gasteiger partial charge in [-0.2, -0.15) is 0 Å². The number of aryl methyl sites for hydroxylation is 1. The van der Waals surface area contributed by atoms with Crippen LogP contribution in [0.15, 0.2) is 28.9 Å². The third-order valence-corrected chi connectivity index (χ3v) is 5.46. The van der Waals surface area contributed by atoms with Gasteiger partial charge in [0, 0.05) is 37.9 Å². The molecule has 4 rings (SSSR count). The molecule has 0 aliphatic carbocycles. The van der Waals surface area contributed by atoms with Crippen LogP contribution < -0.4 is 10.2 Å². The van der Waals surface area contributed by atoms with Crippen molar-refractivity contribution in [1.29, 1.82) is 0 Å². The summed E-state index contributed by atoms with van der Waals surface area (Å²) in [5.74, 6) is 1.48. The molecule has 2 fully saturated rings. The monoisotopic (exact) mass is 369 g/mol. The number of nitrogens with zero attached hydrogens (tertiary/aromatic N) is 4. The van der Waals surface area contributed by atoms with E-state index in [1.54, 1.807) is 6.20 Å². The molecule has 1 amide bonds. The van der Waals surface area contributed by atoms with Crippen LogP contribution in [0.25, 0.3) is 0 Å². The first-order valence-electron chi connectivity index (χ1n) is 9.90. The van der Waals surface area contributed by atoms with E-state index in [2.05, 4.69) is 32.2 Å². The fraction of sp³-hybridized carbons (Fsp3) is 0.550. The number of hydrogen-bond acceptors (Lipinski definition) is 6. The van der Waals surface area contributed by atoms with Crippen molar-refractivity contribution in [3.05, 3.63) is 41.4 Å². The summed E-state index contributed by atoms with van der Waals surface area (Å²) in [5, 5.41) is 6.86. The van der Waals surface area contributed by atoms with Crippen molar-refractivity contribution in [1.82, 2.24) is 20.4 Å². The number of carbonyl (C=O) groups excluding carboxylic acids is 1. The minimum Gasteiger partial charge on any atom is -0.359 e. The molecule has 7 nitrogen and oxygen atoms in total. The molecule has 0 bridgehead atoms. The van der Waals surface area contributed by atoms with Crippen LogP contribution in [0.1, 0.15) is 48.0 Å². The molecule has 27 heavy (non-hydrogen) atoms. The first kappa shape index (κ1) is 18.0. The molecule has 0 aromatic carbocycles. The number of rotatable bonds is 6. The molecule has 0 radical (unpaired) electrons. The lowest BCUT2D eigenvalue weighted by Crippen LogP contribution is -2.50. The molecule has 7 heteroatoms. The Morgan fingerprint density at radius 1 is 1.33 bits per heavy atom. The number of aromatic nitrogens is 2. The van der Waals surface area contributed by atoms with E-state index < -0.39 is 0 Å². The molecule has 1 N–H and O–H groups in total. The summed E-state index contributed by atoms with van der Waals surface area (Å²) < 4.78 is 5.25. The summed E-state index contributed by atoms with van der Waals surface area (Å²) in [6.07, 6.45) is 6.15. The Morgan fingerprint density at radius 2 is 2.26 bits per heavy atom. The lowest BCUT2D eigenvalue weighted by atomic mass is 10.1. The standard InChI is InChI=1S/C20H27N5O2/c1-2-4-16-11-18(27-23-16)13-22-20(26)15-6-7-19(21-12-15)25-10-9-24-8-3-5-17(24)14-25/h6-7,11-12,17H,2-5,8-10,13-14H2,1H3,(H,22,26)/t17-/m0/s1. The van der Waals surface area contributed by atoms with Gasteiger partial charge >= 0.3 is 0 Å². The van der Waals surface area contributed by atoms with E-state index in [-0.39, 0.29) is 5.91 Å². The topological polar surface area (TPSA) is 74.5 Å². The largest absolute Gasteiger partial charge is 0.359 e. The maximum absolute atomic E-state index is 12.4. The Kier molecular flexibility index (Phi) is 5.38. The van der Waals surface area contributed by atoms with Gasteiger partial charge in [0.1, 0.15) is 5.82 Å². The van der Waals surface area contributed by atoms with E-state index in [1.807, 2.05) is 18.2 Å². The lowest BCUT2D eigenvalue weighted by molar-refractivity contribution is 0.0946. The second-order valence-corrected chi connectivity index (χ2v) is 7.40. The minimum absolute atomic E-state index is 0.150. The van der Waals surface area contributed by atoms with Gasteiger partial charge in [-0.05, 0) is 37.9 Å². The quantitative estimate of drug-likeness (QED) is 0.842. The predicted molar refractivity (Wildman–Crippen MR) is 103 cm³/mol.